The van der Waals surface area contributed by atoms with E-state index in [1.807, 2.05) is 0 Å². The van der Waals surface area contributed by atoms with Crippen LogP contribution in [0, 0.1) is 0 Å². The summed E-state index contributed by atoms with van der Waals surface area (Å²) in [5, 5.41) is -0.853. The van der Waals surface area contributed by atoms with E-state index in [1.54, 1.807) is 48.5 Å². The Labute approximate surface area is 243 Å². The van der Waals surface area contributed by atoms with Crippen molar-refractivity contribution in [2.75, 3.05) is 0 Å². The number of hydrogen-bond donors (Lipinski definition) is 0. The minimum atomic E-state index is -0.704. The first kappa shape index (κ1) is 10.7. The summed E-state index contributed by atoms with van der Waals surface area (Å²) in [7, 11) is 0. The topological polar surface area (TPSA) is 9.86 Å². The van der Waals surface area contributed by atoms with Gasteiger partial charge in [-0.3, -0.25) is 0 Å². The lowest BCUT2D eigenvalue weighted by molar-refractivity contribution is 1.15. The van der Waals surface area contributed by atoms with E-state index in [9.17, 15) is 4.11 Å². The molecule has 8 rings (SSSR count). The van der Waals surface area contributed by atoms with Crippen LogP contribution in [-0.4, -0.2) is 9.13 Å². The molecule has 0 amide bonds. The molecule has 0 aliphatic carbocycles. The zero-order valence-electron chi connectivity index (χ0n) is 35.5. The van der Waals surface area contributed by atoms with Gasteiger partial charge in [-0.15, -0.1) is 0 Å². The minimum Gasteiger partial charge on any atom is -0.309 e. The average molecular weight is 501 g/mol. The van der Waals surface area contributed by atoms with Crippen LogP contribution >= 0.6 is 0 Å². The molecule has 0 aliphatic rings. The highest BCUT2D eigenvalue weighted by Crippen LogP contribution is 2.37. The van der Waals surface area contributed by atoms with Crippen molar-refractivity contribution in [3.63, 3.8) is 0 Å². The molecule has 2 aromatic heterocycles. The van der Waals surface area contributed by atoms with Gasteiger partial charge in [0, 0.05) is 32.9 Å². The highest BCUT2D eigenvalue weighted by molar-refractivity contribution is 6.12. The molecule has 0 aliphatic heterocycles. The highest BCUT2D eigenvalue weighted by Gasteiger charge is 2.16. The van der Waals surface area contributed by atoms with Crippen molar-refractivity contribution in [2.24, 2.45) is 0 Å². The molecule has 8 aromatic rings. The molecule has 0 radical (unpaired) electrons. The van der Waals surface area contributed by atoms with Crippen LogP contribution in [0.5, 0.6) is 0 Å². The van der Waals surface area contributed by atoms with E-state index >= 15 is 0 Å². The molecule has 6 aromatic carbocycles. The number of nitrogens with zero attached hydrogens (tertiary/aromatic N) is 2. The quantitative estimate of drug-likeness (QED) is 0.229. The Hall–Kier alpha value is -5.08. The van der Waals surface area contributed by atoms with Crippen molar-refractivity contribution >= 4 is 43.6 Å². The molecule has 2 heteroatoms. The van der Waals surface area contributed by atoms with Crippen molar-refractivity contribution in [2.45, 2.75) is 0 Å². The van der Waals surface area contributed by atoms with E-state index in [2.05, 4.69) is 0 Å². The molecule has 2 nitrogen and oxygen atoms in total. The lowest BCUT2D eigenvalue weighted by atomic mass is 10.1. The lowest BCUT2D eigenvalue weighted by Crippen LogP contribution is -1.97. The van der Waals surface area contributed by atoms with Gasteiger partial charge in [-0.1, -0.05) is 103 Å². The smallest absolute Gasteiger partial charge is 0.0667 e. The van der Waals surface area contributed by atoms with Gasteiger partial charge >= 0.3 is 0 Å². The maximum absolute atomic E-state index is 9.79. The Bertz CT molecular complexity index is 2920. The largest absolute Gasteiger partial charge is 0.309 e. The predicted molar refractivity (Wildman–Crippen MR) is 161 cm³/mol. The average Bonchev–Trinajstić information content (AvgIpc) is 3.71. The van der Waals surface area contributed by atoms with Gasteiger partial charge in [-0.2, -0.15) is 0 Å². The SMILES string of the molecule is [2H]c1ccc(-c2cccc(-n3c4c([2H])c([2H])c([2H])c([2H])c4c4c([2H])c([2H])c(-n5c6c([2H])c([2H])c([2H])c([2H])c6c6c([2H])c([2H])c([2H])c([2H])c65)c([2H])c43)c2)cc1. The van der Waals surface area contributed by atoms with Crippen LogP contribution in [0.15, 0.2) is 145 Å². The molecule has 0 saturated heterocycles. The molecule has 0 atom stereocenters. The Balaban J connectivity index is 1.65. The van der Waals surface area contributed by atoms with Gasteiger partial charge in [0.15, 0.2) is 0 Å². The number of benzene rings is 6. The van der Waals surface area contributed by atoms with Gasteiger partial charge < -0.3 is 9.13 Å². The fraction of sp³-hybridized carbons (Fsp3) is 0. The maximum atomic E-state index is 9.79. The zero-order valence-corrected chi connectivity index (χ0v) is 19.5. The third kappa shape index (κ3) is 3.07. The first-order valence-corrected chi connectivity index (χ1v) is 11.7. The van der Waals surface area contributed by atoms with Gasteiger partial charge in [-0.25, -0.2) is 0 Å². The van der Waals surface area contributed by atoms with Crippen LogP contribution in [-0.2, 0) is 0 Å². The van der Waals surface area contributed by atoms with Crippen molar-refractivity contribution in [3.8, 4) is 22.5 Å². The molecule has 0 unspecified atom stereocenters. The molecule has 38 heavy (non-hydrogen) atoms. The Morgan fingerprint density at radius 2 is 0.947 bits per heavy atom. The second kappa shape index (κ2) is 8.22. The summed E-state index contributed by atoms with van der Waals surface area (Å²) >= 11 is 0. The van der Waals surface area contributed by atoms with Crippen LogP contribution in [0.3, 0.4) is 0 Å². The summed E-state index contributed by atoms with van der Waals surface area (Å²) in [4.78, 5) is 0. The van der Waals surface area contributed by atoms with E-state index in [0.717, 1.165) is 4.57 Å². The normalized spacial score (nSPS) is 17.6. The van der Waals surface area contributed by atoms with Crippen LogP contribution in [0.1, 0.15) is 21.9 Å². The number of fused-ring (bicyclic) bond motifs is 6. The highest BCUT2D eigenvalue weighted by atomic mass is 15.0. The van der Waals surface area contributed by atoms with Crippen molar-refractivity contribution in [3.05, 3.63) is 145 Å². The summed E-state index contributed by atoms with van der Waals surface area (Å²) in [6.45, 7) is 0. The second-order valence-corrected chi connectivity index (χ2v) is 8.63. The third-order valence-corrected chi connectivity index (χ3v) is 6.56. The van der Waals surface area contributed by atoms with Crippen LogP contribution < -0.4 is 0 Å². The molecule has 0 fully saturated rings. The number of hydrogen-bond acceptors (Lipinski definition) is 0. The van der Waals surface area contributed by atoms with Gasteiger partial charge in [0.05, 0.1) is 44.0 Å². The summed E-state index contributed by atoms with van der Waals surface area (Å²) in [5.41, 5.74) is 0.242. The van der Waals surface area contributed by atoms with Crippen molar-refractivity contribution in [1.82, 2.24) is 9.13 Å². The summed E-state index contributed by atoms with van der Waals surface area (Å²) in [5.74, 6) is 0. The summed E-state index contributed by atoms with van der Waals surface area (Å²) < 4.78 is 143. The number of rotatable bonds is 3. The molecule has 0 spiro atoms. The van der Waals surface area contributed by atoms with Crippen LogP contribution in [0.2, 0.25) is 0 Å². The van der Waals surface area contributed by atoms with Crippen molar-refractivity contribution < 1.29 is 21.9 Å². The lowest BCUT2D eigenvalue weighted by Gasteiger charge is -2.12. The predicted octanol–water partition coefficient (Wildman–Crippen LogP) is 9.55. The number of para-hydroxylation sites is 3. The Morgan fingerprint density at radius 1 is 0.421 bits per heavy atom. The maximum Gasteiger partial charge on any atom is 0.0667 e. The molecule has 2 heterocycles. The standard InChI is InChI=1S/C36H24N2/c1-2-11-25(12-3-1)26-13-10-14-27(23-26)38-35-20-9-6-17-31(35)32-22-21-28(24-36(32)38)37-33-18-7-4-15-29(33)30-16-5-8-19-34(30)37/h1-24H/i1D,4D,5D,6D,7D,8D,9D,15D,16D,17D,18D,19D,20D,21D,22D,24D. The molecular weight excluding hydrogens is 460 g/mol. The van der Waals surface area contributed by atoms with Gasteiger partial charge in [0.1, 0.15) is 0 Å². The van der Waals surface area contributed by atoms with Crippen molar-refractivity contribution in [1.29, 1.82) is 0 Å². The first-order valence-electron chi connectivity index (χ1n) is 19.7. The van der Waals surface area contributed by atoms with Gasteiger partial charge in [0.2, 0.25) is 0 Å². The van der Waals surface area contributed by atoms with Gasteiger partial charge in [0.25, 0.3) is 0 Å². The van der Waals surface area contributed by atoms with E-state index in [1.165, 1.54) is 4.57 Å². The molecule has 0 N–H and O–H groups in total. The second-order valence-electron chi connectivity index (χ2n) is 8.63. The molecule has 0 bridgehead atoms. The Morgan fingerprint density at radius 3 is 1.58 bits per heavy atom. The third-order valence-electron chi connectivity index (χ3n) is 6.56. The van der Waals surface area contributed by atoms with E-state index in [-0.39, 0.29) is 49.7 Å². The van der Waals surface area contributed by atoms with E-state index in [4.69, 9.17) is 17.8 Å². The van der Waals surface area contributed by atoms with E-state index in [0.29, 0.717) is 16.8 Å². The fourth-order valence-electron chi connectivity index (χ4n) is 4.92. The first-order chi connectivity index (χ1) is 25.5. The van der Waals surface area contributed by atoms with E-state index < -0.39 is 96.3 Å². The molecule has 0 saturated carbocycles. The van der Waals surface area contributed by atoms with Crippen LogP contribution in [0.25, 0.3) is 66.1 Å². The Kier molecular flexibility index (Phi) is 2.32. The molecule has 178 valence electrons. The summed E-state index contributed by atoms with van der Waals surface area (Å²) in [6, 6.07) is 4.43. The molecular formula is C36H24N2. The van der Waals surface area contributed by atoms with Gasteiger partial charge in [-0.05, 0) is 53.5 Å². The fourth-order valence-corrected chi connectivity index (χ4v) is 4.92. The van der Waals surface area contributed by atoms with Crippen LogP contribution in [0.4, 0.5) is 0 Å². The summed E-state index contributed by atoms with van der Waals surface area (Å²) in [6.07, 6.45) is 0. The number of aromatic nitrogens is 2. The monoisotopic (exact) mass is 500 g/mol. The minimum absolute atomic E-state index is 0.0979. The zero-order chi connectivity index (χ0) is 39.0.